The van der Waals surface area contributed by atoms with Gasteiger partial charge in [0, 0.05) is 5.69 Å². The van der Waals surface area contributed by atoms with E-state index in [4.69, 9.17) is 39.5 Å². The van der Waals surface area contributed by atoms with Crippen molar-refractivity contribution in [3.63, 3.8) is 0 Å². The highest BCUT2D eigenvalue weighted by atomic mass is 127. The maximum Gasteiger partial charge on any atom is 0.286 e. The van der Waals surface area contributed by atoms with Gasteiger partial charge in [0.15, 0.2) is 0 Å². The highest BCUT2D eigenvalue weighted by molar-refractivity contribution is 14.2. The highest BCUT2D eigenvalue weighted by Gasteiger charge is 2.18. The molecule has 0 aromatic heterocycles. The maximum absolute atomic E-state index is 12.9. The summed E-state index contributed by atoms with van der Waals surface area (Å²) < 4.78 is 31.4. The zero-order chi connectivity index (χ0) is 22.5. The van der Waals surface area contributed by atoms with E-state index < -0.39 is 13.1 Å². The van der Waals surface area contributed by atoms with Gasteiger partial charge in [0.25, 0.3) is 13.1 Å². The van der Waals surface area contributed by atoms with Crippen molar-refractivity contribution < 1.29 is 17.9 Å². The third-order valence-electron chi connectivity index (χ3n) is 3.56. The van der Waals surface area contributed by atoms with Crippen LogP contribution >= 0.6 is 56.0 Å². The fraction of sp³-hybridized carbons (Fsp3) is 0.105. The van der Waals surface area contributed by atoms with Crippen molar-refractivity contribution >= 4 is 80.5 Å². The van der Waals surface area contributed by atoms with Gasteiger partial charge in [-0.05, 0) is 56.3 Å². The average molecular weight is 602 g/mol. The third-order valence-corrected chi connectivity index (χ3v) is 5.88. The molecule has 0 atom stereocenters. The molecule has 2 rings (SSSR count). The lowest BCUT2D eigenvalue weighted by molar-refractivity contribution is 0.102. The minimum Gasteiger partial charge on any atom is -0.458 e. The molecule has 160 valence electrons. The van der Waals surface area contributed by atoms with E-state index in [1.165, 1.54) is 45.5 Å². The van der Waals surface area contributed by atoms with Crippen molar-refractivity contribution in [1.82, 2.24) is 0 Å². The third kappa shape index (κ3) is 7.05. The molecule has 0 aliphatic carbocycles. The van der Waals surface area contributed by atoms with Gasteiger partial charge in [0.2, 0.25) is 0 Å². The number of amides is 1. The number of carbonyl (C=O) groups is 1. The number of nitrogens with one attached hydrogen (secondary N) is 2. The van der Waals surface area contributed by atoms with Crippen LogP contribution in [0.2, 0.25) is 15.1 Å². The number of anilines is 2. The van der Waals surface area contributed by atoms with Crippen molar-refractivity contribution in [2.45, 2.75) is 13.8 Å². The van der Waals surface area contributed by atoms with Crippen LogP contribution in [-0.4, -0.2) is 14.3 Å². The summed E-state index contributed by atoms with van der Waals surface area (Å²) >= 11 is 19.2. The van der Waals surface area contributed by atoms with Crippen LogP contribution in [0.1, 0.15) is 24.2 Å². The predicted molar refractivity (Wildman–Crippen MR) is 132 cm³/mol. The molecule has 0 radical (unpaired) electrons. The predicted octanol–water partition coefficient (Wildman–Crippen LogP) is 6.85. The minimum absolute atomic E-state index is 0.0332. The molecule has 2 aromatic rings. The fourth-order valence-electron chi connectivity index (χ4n) is 2.31. The lowest BCUT2D eigenvalue weighted by atomic mass is 10.1. The summed E-state index contributed by atoms with van der Waals surface area (Å²) in [6.45, 7) is 3.64. The first-order valence-corrected chi connectivity index (χ1v) is 13.5. The fourth-order valence-corrected chi connectivity index (χ4v) is 4.06. The van der Waals surface area contributed by atoms with Crippen LogP contribution in [-0.2, 0) is 7.19 Å². The number of ether oxygens (including phenoxy) is 1. The van der Waals surface area contributed by atoms with Gasteiger partial charge in [0.1, 0.15) is 11.5 Å². The van der Waals surface area contributed by atoms with E-state index >= 15 is 0 Å². The molecular weight excluding hydrogens is 586 g/mol. The Bertz CT molecular complexity index is 1110. The molecule has 0 aliphatic rings. The molecule has 0 fully saturated rings. The molecule has 0 unspecified atom stereocenters. The Labute approximate surface area is 201 Å². The van der Waals surface area contributed by atoms with E-state index in [1.807, 2.05) is 6.92 Å². The minimum atomic E-state index is -3.66. The second-order valence-corrected chi connectivity index (χ2v) is 11.5. The summed E-state index contributed by atoms with van der Waals surface area (Å²) in [6, 6.07) is 7.26. The standard InChI is InChI=1S/C19H16Cl3IN2O4S/c1-3-5-12(4-2)29-13-6-7-17(25-30(23,27)28)14(10-13)19(26)24-11-8-15(20)18(22)16(21)9-11/h3-10,25H,1-2H3,(H,24,26)/b5-3-,12-4+. The molecule has 11 heteroatoms. The second-order valence-electron chi connectivity index (χ2n) is 5.75. The molecule has 6 nitrogen and oxygen atoms in total. The van der Waals surface area contributed by atoms with Gasteiger partial charge >= 0.3 is 0 Å². The zero-order valence-electron chi connectivity index (χ0n) is 15.7. The van der Waals surface area contributed by atoms with E-state index in [1.54, 1.807) is 31.2 Å². The summed E-state index contributed by atoms with van der Waals surface area (Å²) in [6.07, 6.45) is 5.30. The Morgan fingerprint density at radius 3 is 2.27 bits per heavy atom. The molecule has 0 aliphatic heterocycles. The molecule has 0 saturated heterocycles. The number of allylic oxidation sites excluding steroid dienone is 3. The SMILES string of the molecule is C/C=C\C(=C/C)Oc1ccc(NS(=O)(=O)I)c(C(=O)Nc2cc(Cl)c(Cl)c(Cl)c2)c1. The summed E-state index contributed by atoms with van der Waals surface area (Å²) in [5.41, 5.74) is 0.399. The Morgan fingerprint density at radius 1 is 1.10 bits per heavy atom. The molecule has 1 amide bonds. The lowest BCUT2D eigenvalue weighted by Gasteiger charge is -2.14. The smallest absolute Gasteiger partial charge is 0.286 e. The number of benzene rings is 2. The van der Waals surface area contributed by atoms with E-state index in [0.29, 0.717) is 11.5 Å². The summed E-state index contributed by atoms with van der Waals surface area (Å²) in [4.78, 5) is 12.9. The van der Waals surface area contributed by atoms with Gasteiger partial charge < -0.3 is 10.1 Å². The zero-order valence-corrected chi connectivity index (χ0v) is 20.9. The van der Waals surface area contributed by atoms with Crippen LogP contribution in [0.3, 0.4) is 0 Å². The Hall–Kier alpha value is -1.46. The molecule has 0 saturated carbocycles. The number of hydrogen-bond acceptors (Lipinski definition) is 4. The lowest BCUT2D eigenvalue weighted by Crippen LogP contribution is -2.16. The quantitative estimate of drug-likeness (QED) is 0.120. The monoisotopic (exact) mass is 600 g/mol. The van der Waals surface area contributed by atoms with Gasteiger partial charge in [-0.25, -0.2) is 0 Å². The number of rotatable bonds is 7. The first kappa shape index (κ1) is 24.8. The summed E-state index contributed by atoms with van der Waals surface area (Å²) in [7, 11) is -3.66. The highest BCUT2D eigenvalue weighted by Crippen LogP contribution is 2.34. The van der Waals surface area contributed by atoms with Crippen molar-refractivity contribution in [3.05, 3.63) is 75.0 Å². The average Bonchev–Trinajstić information content (AvgIpc) is 2.65. The van der Waals surface area contributed by atoms with E-state index in [0.717, 1.165) is 0 Å². The largest absolute Gasteiger partial charge is 0.458 e. The molecular formula is C19H16Cl3IN2O4S. The van der Waals surface area contributed by atoms with E-state index in [-0.39, 0.29) is 32.0 Å². The first-order chi connectivity index (χ1) is 14.0. The molecule has 0 heterocycles. The van der Waals surface area contributed by atoms with Crippen LogP contribution < -0.4 is 14.8 Å². The van der Waals surface area contributed by atoms with E-state index in [2.05, 4.69) is 10.0 Å². The summed E-state index contributed by atoms with van der Waals surface area (Å²) in [5.74, 6) is 0.294. The molecule has 0 bridgehead atoms. The second kappa shape index (κ2) is 10.7. The van der Waals surface area contributed by atoms with Crippen LogP contribution in [0.15, 0.2) is 54.3 Å². The van der Waals surface area contributed by atoms with Crippen molar-refractivity contribution in [3.8, 4) is 5.75 Å². The van der Waals surface area contributed by atoms with Crippen molar-refractivity contribution in [2.75, 3.05) is 10.0 Å². The Morgan fingerprint density at radius 2 is 1.73 bits per heavy atom. The molecule has 30 heavy (non-hydrogen) atoms. The summed E-state index contributed by atoms with van der Waals surface area (Å²) in [5, 5.41) is 3.11. The topological polar surface area (TPSA) is 84.5 Å². The van der Waals surface area contributed by atoms with E-state index in [9.17, 15) is 13.2 Å². The maximum atomic E-state index is 12.9. The number of hydrogen-bond donors (Lipinski definition) is 2. The van der Waals surface area contributed by atoms with Crippen LogP contribution in [0.25, 0.3) is 0 Å². The van der Waals surface area contributed by atoms with Gasteiger partial charge in [-0.2, -0.15) is 8.42 Å². The van der Waals surface area contributed by atoms with Gasteiger partial charge in [-0.3, -0.25) is 9.52 Å². The van der Waals surface area contributed by atoms with Crippen molar-refractivity contribution in [2.24, 2.45) is 0 Å². The van der Waals surface area contributed by atoms with Gasteiger partial charge in [-0.1, -0.05) is 40.9 Å². The van der Waals surface area contributed by atoms with Crippen LogP contribution in [0, 0.1) is 0 Å². The van der Waals surface area contributed by atoms with Gasteiger partial charge in [0.05, 0.1) is 47.5 Å². The Balaban J connectivity index is 2.45. The normalized spacial score (nSPS) is 12.1. The molecule has 2 aromatic carbocycles. The molecule has 2 N–H and O–H groups in total. The first-order valence-electron chi connectivity index (χ1n) is 8.33. The van der Waals surface area contributed by atoms with Crippen LogP contribution in [0.4, 0.5) is 11.4 Å². The van der Waals surface area contributed by atoms with Gasteiger partial charge in [-0.15, -0.1) is 0 Å². The van der Waals surface area contributed by atoms with Crippen LogP contribution in [0.5, 0.6) is 5.75 Å². The number of halogens is 4. The Kier molecular flexibility index (Phi) is 8.86. The van der Waals surface area contributed by atoms with Crippen molar-refractivity contribution in [1.29, 1.82) is 0 Å². The number of carbonyl (C=O) groups excluding carboxylic acids is 1. The molecule has 0 spiro atoms.